The number of benzene rings is 1. The van der Waals surface area contributed by atoms with Crippen LogP contribution in [0, 0.1) is 5.41 Å². The molecule has 0 radical (unpaired) electrons. The zero-order valence-corrected chi connectivity index (χ0v) is 12.0. The van der Waals surface area contributed by atoms with Crippen molar-refractivity contribution < 1.29 is 0 Å². The molecule has 0 spiro atoms. The molecular weight excluding hydrogens is 232 g/mol. The van der Waals surface area contributed by atoms with Crippen LogP contribution >= 0.6 is 0 Å². The Labute approximate surface area is 116 Å². The molecule has 0 saturated heterocycles. The molecular formula is C17H26N2. The van der Waals surface area contributed by atoms with Crippen molar-refractivity contribution in [3.8, 4) is 0 Å². The summed E-state index contributed by atoms with van der Waals surface area (Å²) in [6.45, 7) is 2.43. The summed E-state index contributed by atoms with van der Waals surface area (Å²) in [6.07, 6.45) is 9.24. The third-order valence-corrected chi connectivity index (χ3v) is 5.52. The first kappa shape index (κ1) is 13.1. The van der Waals surface area contributed by atoms with Crippen molar-refractivity contribution in [1.29, 1.82) is 0 Å². The van der Waals surface area contributed by atoms with Crippen LogP contribution in [0.1, 0.15) is 62.5 Å². The van der Waals surface area contributed by atoms with Crippen LogP contribution in [0.3, 0.4) is 0 Å². The van der Waals surface area contributed by atoms with E-state index in [1.54, 1.807) is 5.56 Å². The zero-order valence-electron chi connectivity index (χ0n) is 12.0. The van der Waals surface area contributed by atoms with E-state index >= 15 is 0 Å². The predicted octanol–water partition coefficient (Wildman–Crippen LogP) is 3.52. The summed E-state index contributed by atoms with van der Waals surface area (Å²) in [6, 6.07) is 9.33. The van der Waals surface area contributed by atoms with Crippen molar-refractivity contribution in [3.05, 3.63) is 35.4 Å². The van der Waals surface area contributed by atoms with Crippen molar-refractivity contribution in [2.45, 2.75) is 63.8 Å². The number of rotatable bonds is 4. The van der Waals surface area contributed by atoms with Gasteiger partial charge in [0.15, 0.2) is 0 Å². The molecule has 2 aliphatic rings. The Bertz CT molecular complexity index is 435. The first-order valence-electron chi connectivity index (χ1n) is 7.77. The van der Waals surface area contributed by atoms with Crippen molar-refractivity contribution in [2.75, 3.05) is 0 Å². The molecule has 3 N–H and O–H groups in total. The van der Waals surface area contributed by atoms with E-state index < -0.39 is 0 Å². The Morgan fingerprint density at radius 2 is 2.00 bits per heavy atom. The van der Waals surface area contributed by atoms with E-state index in [-0.39, 0.29) is 0 Å². The predicted molar refractivity (Wildman–Crippen MR) is 79.8 cm³/mol. The first-order chi connectivity index (χ1) is 9.23. The average Bonchev–Trinajstić information content (AvgIpc) is 2.41. The lowest BCUT2D eigenvalue weighted by Gasteiger charge is -2.43. The second-order valence-corrected chi connectivity index (χ2v) is 6.77. The van der Waals surface area contributed by atoms with Crippen LogP contribution in [0.15, 0.2) is 24.3 Å². The van der Waals surface area contributed by atoms with Crippen LogP contribution in [0.25, 0.3) is 0 Å². The van der Waals surface area contributed by atoms with Crippen molar-refractivity contribution in [2.24, 2.45) is 11.3 Å². The lowest BCUT2D eigenvalue weighted by Crippen LogP contribution is -2.49. The quantitative estimate of drug-likeness (QED) is 0.640. The standard InChI is InChI=1S/C17H26N2/c1-17(9-5-2-6-10-17)16(19-18)12-14-11-13-7-3-4-8-15(13)14/h3-4,7-8,14,16,19H,2,5-6,9-12,18H2,1H3. The van der Waals surface area contributed by atoms with Crippen LogP contribution < -0.4 is 11.3 Å². The molecule has 1 saturated carbocycles. The highest BCUT2D eigenvalue weighted by Gasteiger charge is 2.38. The molecule has 0 amide bonds. The van der Waals surface area contributed by atoms with E-state index in [0.29, 0.717) is 11.5 Å². The van der Waals surface area contributed by atoms with Gasteiger partial charge in [-0.1, -0.05) is 50.5 Å². The van der Waals surface area contributed by atoms with Crippen molar-refractivity contribution >= 4 is 0 Å². The highest BCUT2D eigenvalue weighted by molar-refractivity contribution is 5.40. The Kier molecular flexibility index (Phi) is 3.64. The second-order valence-electron chi connectivity index (χ2n) is 6.77. The zero-order chi connectivity index (χ0) is 13.3. The second kappa shape index (κ2) is 5.26. The highest BCUT2D eigenvalue weighted by atomic mass is 15.2. The van der Waals surface area contributed by atoms with Gasteiger partial charge in [0.2, 0.25) is 0 Å². The fourth-order valence-electron chi connectivity index (χ4n) is 4.12. The van der Waals surface area contributed by atoms with E-state index in [9.17, 15) is 0 Å². The molecule has 104 valence electrons. The molecule has 2 atom stereocenters. The van der Waals surface area contributed by atoms with Gasteiger partial charge in [-0.15, -0.1) is 0 Å². The lowest BCUT2D eigenvalue weighted by molar-refractivity contribution is 0.130. The smallest absolute Gasteiger partial charge is 0.0270 e. The summed E-state index contributed by atoms with van der Waals surface area (Å²) in [4.78, 5) is 0. The van der Waals surface area contributed by atoms with Crippen LogP contribution in [-0.4, -0.2) is 6.04 Å². The summed E-state index contributed by atoms with van der Waals surface area (Å²) in [5.41, 5.74) is 6.64. The van der Waals surface area contributed by atoms with Gasteiger partial charge in [-0.3, -0.25) is 11.3 Å². The average molecular weight is 258 g/mol. The molecule has 0 heterocycles. The lowest BCUT2D eigenvalue weighted by atomic mass is 9.65. The van der Waals surface area contributed by atoms with E-state index in [2.05, 4.69) is 36.6 Å². The third-order valence-electron chi connectivity index (χ3n) is 5.52. The van der Waals surface area contributed by atoms with Crippen LogP contribution in [-0.2, 0) is 6.42 Å². The van der Waals surface area contributed by atoms with Crippen LogP contribution in [0.4, 0.5) is 0 Å². The van der Waals surface area contributed by atoms with Gasteiger partial charge >= 0.3 is 0 Å². The number of nitrogens with one attached hydrogen (secondary N) is 1. The van der Waals surface area contributed by atoms with Crippen LogP contribution in [0.2, 0.25) is 0 Å². The molecule has 2 heteroatoms. The number of fused-ring (bicyclic) bond motifs is 1. The van der Waals surface area contributed by atoms with Gasteiger partial charge < -0.3 is 0 Å². The normalized spacial score (nSPS) is 26.3. The highest BCUT2D eigenvalue weighted by Crippen LogP contribution is 2.45. The van der Waals surface area contributed by atoms with Crippen LogP contribution in [0.5, 0.6) is 0 Å². The van der Waals surface area contributed by atoms with E-state index in [1.807, 2.05) is 0 Å². The van der Waals surface area contributed by atoms with E-state index in [4.69, 9.17) is 5.84 Å². The first-order valence-corrected chi connectivity index (χ1v) is 7.77. The van der Waals surface area contributed by atoms with Gasteiger partial charge in [0.25, 0.3) is 0 Å². The van der Waals surface area contributed by atoms with Gasteiger partial charge in [-0.25, -0.2) is 0 Å². The number of nitrogens with two attached hydrogens (primary N) is 1. The van der Waals surface area contributed by atoms with Gasteiger partial charge in [0.05, 0.1) is 0 Å². The monoisotopic (exact) mass is 258 g/mol. The molecule has 3 rings (SSSR count). The minimum atomic E-state index is 0.400. The molecule has 1 fully saturated rings. The summed E-state index contributed by atoms with van der Waals surface area (Å²) in [7, 11) is 0. The topological polar surface area (TPSA) is 38.0 Å². The van der Waals surface area contributed by atoms with Crippen molar-refractivity contribution in [3.63, 3.8) is 0 Å². The molecule has 2 unspecified atom stereocenters. The molecule has 19 heavy (non-hydrogen) atoms. The maximum Gasteiger partial charge on any atom is 0.0270 e. The van der Waals surface area contributed by atoms with E-state index in [1.165, 1.54) is 50.5 Å². The largest absolute Gasteiger partial charge is 0.271 e. The van der Waals surface area contributed by atoms with Gasteiger partial charge in [0.1, 0.15) is 0 Å². The molecule has 2 nitrogen and oxygen atoms in total. The molecule has 0 bridgehead atoms. The Balaban J connectivity index is 1.68. The summed E-state index contributed by atoms with van der Waals surface area (Å²) in [5.74, 6) is 6.60. The Hall–Kier alpha value is -0.860. The number of hydrogen-bond donors (Lipinski definition) is 2. The third kappa shape index (κ3) is 2.44. The molecule has 2 aliphatic carbocycles. The molecule has 0 aromatic heterocycles. The minimum absolute atomic E-state index is 0.400. The Morgan fingerprint density at radius 3 is 2.68 bits per heavy atom. The maximum absolute atomic E-state index is 5.89. The van der Waals surface area contributed by atoms with E-state index in [0.717, 1.165) is 5.92 Å². The fraction of sp³-hybridized carbons (Fsp3) is 0.647. The number of hydrazine groups is 1. The molecule has 1 aromatic rings. The fourth-order valence-corrected chi connectivity index (χ4v) is 4.12. The maximum atomic E-state index is 5.89. The van der Waals surface area contributed by atoms with Gasteiger partial charge in [-0.05, 0) is 48.1 Å². The summed E-state index contributed by atoms with van der Waals surface area (Å²) in [5, 5.41) is 0. The SMILES string of the molecule is CC1(C(CC2Cc3ccccc32)NN)CCCCC1. The molecule has 1 aromatic carbocycles. The van der Waals surface area contributed by atoms with Gasteiger partial charge in [0, 0.05) is 6.04 Å². The van der Waals surface area contributed by atoms with Gasteiger partial charge in [-0.2, -0.15) is 0 Å². The summed E-state index contributed by atoms with van der Waals surface area (Å²) < 4.78 is 0. The number of hydrogen-bond acceptors (Lipinski definition) is 2. The minimum Gasteiger partial charge on any atom is -0.271 e. The van der Waals surface area contributed by atoms with Crippen molar-refractivity contribution in [1.82, 2.24) is 5.43 Å². The molecule has 0 aliphatic heterocycles. The Morgan fingerprint density at radius 1 is 1.26 bits per heavy atom. The summed E-state index contributed by atoms with van der Waals surface area (Å²) >= 11 is 0.